The molecule has 2 aliphatic carbocycles. The molecular weight excluding hydrogens is 476 g/mol. The van der Waals surface area contributed by atoms with Gasteiger partial charge in [-0.2, -0.15) is 0 Å². The molecule has 0 amide bonds. The lowest BCUT2D eigenvalue weighted by molar-refractivity contribution is -0.254. The molecule has 1 saturated carbocycles. The molecule has 1 N–H and O–H groups in total. The molecule has 0 radical (unpaired) electrons. The Hall–Kier alpha value is -2.45. The summed E-state index contributed by atoms with van der Waals surface area (Å²) in [7, 11) is 0. The van der Waals surface area contributed by atoms with Crippen molar-refractivity contribution in [3.05, 3.63) is 36.0 Å². The largest absolute Gasteiger partial charge is 0.458 e. The fourth-order valence-electron chi connectivity index (χ4n) is 6.42. The molecule has 1 spiro atoms. The number of ether oxygens (including phenoxy) is 4. The van der Waals surface area contributed by atoms with Gasteiger partial charge >= 0.3 is 17.9 Å². The second kappa shape index (κ2) is 11.1. The van der Waals surface area contributed by atoms with Crippen LogP contribution in [0.25, 0.3) is 0 Å². The molecule has 8 heteroatoms. The fourth-order valence-corrected chi connectivity index (χ4v) is 6.42. The molecule has 3 rings (SSSR count). The third-order valence-electron chi connectivity index (χ3n) is 8.44. The molecule has 0 aromatic rings. The normalized spacial score (nSPS) is 37.2. The summed E-state index contributed by atoms with van der Waals surface area (Å²) in [6, 6.07) is 0. The summed E-state index contributed by atoms with van der Waals surface area (Å²) in [6.07, 6.45) is 3.52. The summed E-state index contributed by atoms with van der Waals surface area (Å²) in [5.74, 6) is -1.59. The lowest BCUT2D eigenvalue weighted by Gasteiger charge is -2.60. The van der Waals surface area contributed by atoms with Gasteiger partial charge < -0.3 is 19.3 Å². The van der Waals surface area contributed by atoms with Gasteiger partial charge in [-0.05, 0) is 55.4 Å². The first-order valence-electron chi connectivity index (χ1n) is 13.1. The molecule has 0 aromatic heterocycles. The Kier molecular flexibility index (Phi) is 8.75. The molecule has 8 nitrogen and oxygen atoms in total. The Morgan fingerprint density at radius 2 is 1.81 bits per heavy atom. The highest BCUT2D eigenvalue weighted by molar-refractivity contribution is 5.70. The summed E-state index contributed by atoms with van der Waals surface area (Å²) >= 11 is 0. The number of aliphatic hydroxyl groups excluding tert-OH is 1. The van der Waals surface area contributed by atoms with Crippen LogP contribution < -0.4 is 0 Å². The lowest BCUT2D eigenvalue weighted by atomic mass is 9.45. The Morgan fingerprint density at radius 3 is 2.38 bits per heavy atom. The fraction of sp³-hybridized carbons (Fsp3) is 0.690. The average molecular weight is 519 g/mol. The maximum absolute atomic E-state index is 12.7. The SMILES string of the molecule is C=CC(C)=CC[C@]1(C)[C@H](C)C[C@H](O)[C@@]23C(=C[C@H](OC(=O)CC(C)C)C[C@@H]12)[C@@H](OC(C)=O)O[C@H]3OC(C)=O. The van der Waals surface area contributed by atoms with Crippen LogP contribution in [0.4, 0.5) is 0 Å². The highest BCUT2D eigenvalue weighted by Gasteiger charge is 2.71. The lowest BCUT2D eigenvalue weighted by Crippen LogP contribution is -2.63. The summed E-state index contributed by atoms with van der Waals surface area (Å²) < 4.78 is 23.2. The molecule has 0 aromatic carbocycles. The van der Waals surface area contributed by atoms with Crippen molar-refractivity contribution in [1.29, 1.82) is 0 Å². The highest BCUT2D eigenvalue weighted by atomic mass is 16.8. The number of carbonyl (C=O) groups excluding carboxylic acids is 3. The Morgan fingerprint density at radius 1 is 1.16 bits per heavy atom. The van der Waals surface area contributed by atoms with E-state index < -0.39 is 47.6 Å². The van der Waals surface area contributed by atoms with Gasteiger partial charge in [0.05, 0.1) is 11.5 Å². The quantitative estimate of drug-likeness (QED) is 0.215. The Bertz CT molecular complexity index is 980. The van der Waals surface area contributed by atoms with E-state index in [4.69, 9.17) is 18.9 Å². The summed E-state index contributed by atoms with van der Waals surface area (Å²) in [4.78, 5) is 36.9. The van der Waals surface area contributed by atoms with E-state index in [9.17, 15) is 19.5 Å². The van der Waals surface area contributed by atoms with Gasteiger partial charge in [0.2, 0.25) is 12.6 Å². The molecule has 0 unspecified atom stereocenters. The number of carbonyl (C=O) groups is 3. The van der Waals surface area contributed by atoms with Crippen LogP contribution in [0.3, 0.4) is 0 Å². The zero-order chi connectivity index (χ0) is 27.7. The monoisotopic (exact) mass is 518 g/mol. The number of allylic oxidation sites excluding steroid dienone is 3. The van der Waals surface area contributed by atoms with Crippen LogP contribution in [0.15, 0.2) is 36.0 Å². The third-order valence-corrected chi connectivity index (χ3v) is 8.44. The minimum atomic E-state index is -1.17. The molecule has 8 atom stereocenters. The van der Waals surface area contributed by atoms with E-state index in [1.54, 1.807) is 12.2 Å². The van der Waals surface area contributed by atoms with E-state index in [-0.39, 0.29) is 30.1 Å². The van der Waals surface area contributed by atoms with Crippen molar-refractivity contribution in [3.63, 3.8) is 0 Å². The number of rotatable bonds is 8. The molecule has 3 aliphatic rings. The predicted octanol–water partition coefficient (Wildman–Crippen LogP) is 4.62. The van der Waals surface area contributed by atoms with Crippen molar-refractivity contribution in [2.45, 2.75) is 98.9 Å². The van der Waals surface area contributed by atoms with E-state index >= 15 is 0 Å². The second-order valence-corrected chi connectivity index (χ2v) is 11.5. The molecule has 1 saturated heterocycles. The first-order valence-corrected chi connectivity index (χ1v) is 13.1. The van der Waals surface area contributed by atoms with Crippen LogP contribution in [-0.4, -0.2) is 47.8 Å². The number of aliphatic hydroxyl groups is 1. The van der Waals surface area contributed by atoms with Crippen LogP contribution in [0.2, 0.25) is 0 Å². The molecule has 1 aliphatic heterocycles. The van der Waals surface area contributed by atoms with Crippen molar-refractivity contribution < 1.29 is 38.4 Å². The molecule has 206 valence electrons. The topological polar surface area (TPSA) is 108 Å². The maximum Gasteiger partial charge on any atom is 0.306 e. The summed E-state index contributed by atoms with van der Waals surface area (Å²) in [6.45, 7) is 16.5. The summed E-state index contributed by atoms with van der Waals surface area (Å²) in [5, 5.41) is 11.7. The van der Waals surface area contributed by atoms with E-state index in [0.717, 1.165) is 5.57 Å². The zero-order valence-electron chi connectivity index (χ0n) is 23.1. The molecular formula is C29H42O8. The van der Waals surface area contributed by atoms with Crippen molar-refractivity contribution >= 4 is 17.9 Å². The molecule has 1 heterocycles. The van der Waals surface area contributed by atoms with Crippen molar-refractivity contribution in [2.24, 2.45) is 28.6 Å². The highest BCUT2D eigenvalue weighted by Crippen LogP contribution is 2.67. The first kappa shape index (κ1) is 29.1. The summed E-state index contributed by atoms with van der Waals surface area (Å²) in [5.41, 5.74) is -0.0534. The zero-order valence-corrected chi connectivity index (χ0v) is 23.1. The van der Waals surface area contributed by atoms with Gasteiger partial charge in [0.1, 0.15) is 6.10 Å². The van der Waals surface area contributed by atoms with Gasteiger partial charge in [-0.15, -0.1) is 0 Å². The Balaban J connectivity index is 2.20. The van der Waals surface area contributed by atoms with Crippen LogP contribution >= 0.6 is 0 Å². The standard InChI is InChI=1S/C29H42O8/c1-9-17(4)10-11-28(8)18(5)13-24(32)29-22(26(34-19(6)30)37-27(29)35-20(7)31)14-21(15-23(28)29)36-25(33)12-16(2)3/h9-10,14,16,18,21,23-24,26-27,32H,1,11-13,15H2,2-8H3/t18-,21+,23+,24+,26+,27-,28-,29-/m1/s1. The van der Waals surface area contributed by atoms with Crippen molar-refractivity contribution in [1.82, 2.24) is 0 Å². The van der Waals surface area contributed by atoms with Crippen LogP contribution in [0, 0.1) is 28.6 Å². The van der Waals surface area contributed by atoms with Crippen LogP contribution in [0.5, 0.6) is 0 Å². The number of hydrogen-bond donors (Lipinski definition) is 1. The van der Waals surface area contributed by atoms with Gasteiger partial charge in [-0.1, -0.05) is 52.0 Å². The van der Waals surface area contributed by atoms with Gasteiger partial charge in [-0.25, -0.2) is 0 Å². The minimum Gasteiger partial charge on any atom is -0.458 e. The van der Waals surface area contributed by atoms with E-state index in [1.807, 2.05) is 20.8 Å². The van der Waals surface area contributed by atoms with E-state index in [2.05, 4.69) is 26.5 Å². The number of esters is 3. The van der Waals surface area contributed by atoms with Crippen molar-refractivity contribution in [2.75, 3.05) is 0 Å². The van der Waals surface area contributed by atoms with E-state index in [0.29, 0.717) is 24.8 Å². The number of hydrogen-bond acceptors (Lipinski definition) is 8. The van der Waals surface area contributed by atoms with E-state index in [1.165, 1.54) is 13.8 Å². The second-order valence-electron chi connectivity index (χ2n) is 11.5. The van der Waals surface area contributed by atoms with Crippen LogP contribution in [0.1, 0.15) is 74.1 Å². The molecule has 0 bridgehead atoms. The van der Waals surface area contributed by atoms with Gasteiger partial charge in [0, 0.05) is 25.8 Å². The van der Waals surface area contributed by atoms with Gasteiger partial charge in [-0.3, -0.25) is 19.1 Å². The first-order chi connectivity index (χ1) is 17.2. The Labute approximate surface area is 220 Å². The molecule has 37 heavy (non-hydrogen) atoms. The predicted molar refractivity (Wildman–Crippen MR) is 137 cm³/mol. The third kappa shape index (κ3) is 5.55. The van der Waals surface area contributed by atoms with Gasteiger partial charge in [0.25, 0.3) is 0 Å². The molecule has 2 fully saturated rings. The van der Waals surface area contributed by atoms with Crippen LogP contribution in [-0.2, 0) is 33.3 Å². The minimum absolute atomic E-state index is 0.0732. The smallest absolute Gasteiger partial charge is 0.306 e. The average Bonchev–Trinajstić information content (AvgIpc) is 3.07. The maximum atomic E-state index is 12.7. The van der Waals surface area contributed by atoms with Gasteiger partial charge in [0.15, 0.2) is 0 Å². The van der Waals surface area contributed by atoms with Crippen molar-refractivity contribution in [3.8, 4) is 0 Å².